The summed E-state index contributed by atoms with van der Waals surface area (Å²) in [5.41, 5.74) is 1.06. The molecule has 0 amide bonds. The van der Waals surface area contributed by atoms with E-state index in [9.17, 15) is 0 Å². The van der Waals surface area contributed by atoms with E-state index in [0.29, 0.717) is 23.9 Å². The number of alkyl halides is 1. The molecule has 108 valence electrons. The first-order chi connectivity index (χ1) is 9.67. The van der Waals surface area contributed by atoms with Gasteiger partial charge in [-0.3, -0.25) is 0 Å². The molecule has 6 heteroatoms. The van der Waals surface area contributed by atoms with Crippen LogP contribution < -0.4 is 14.2 Å². The zero-order valence-corrected chi connectivity index (χ0v) is 14.3. The molecule has 0 aliphatic heterocycles. The van der Waals surface area contributed by atoms with E-state index in [0.717, 1.165) is 20.1 Å². The second kappa shape index (κ2) is 7.20. The first kappa shape index (κ1) is 15.5. The molecule has 0 aliphatic rings. The second-order valence-electron chi connectivity index (χ2n) is 3.96. The average molecular weight is 378 g/mol. The Morgan fingerprint density at radius 2 is 1.80 bits per heavy atom. The highest BCUT2D eigenvalue weighted by Gasteiger charge is 2.14. The summed E-state index contributed by atoms with van der Waals surface area (Å²) < 4.78 is 17.3. The number of thiophene rings is 1. The number of hydrogen-bond donors (Lipinski definition) is 0. The summed E-state index contributed by atoms with van der Waals surface area (Å²) in [7, 11) is 3.23. The zero-order chi connectivity index (χ0) is 14.5. The maximum absolute atomic E-state index is 5.91. The van der Waals surface area contributed by atoms with Crippen LogP contribution in [0.1, 0.15) is 10.4 Å². The van der Waals surface area contributed by atoms with E-state index >= 15 is 0 Å². The standard InChI is InChI=1S/C14H14BrClO3S/c1-17-11-5-9(7-15)6-12(18-2)14(11)19-8-10-3-4-13(16)20-10/h3-6H,7-8H2,1-2H3. The maximum atomic E-state index is 5.91. The third-order valence-corrected chi connectivity index (χ3v) is 4.51. The number of benzene rings is 1. The Balaban J connectivity index is 2.24. The normalized spacial score (nSPS) is 10.4. The van der Waals surface area contributed by atoms with Crippen LogP contribution >= 0.6 is 38.9 Å². The second-order valence-corrected chi connectivity index (χ2v) is 6.32. The number of rotatable bonds is 6. The molecule has 0 fully saturated rings. The third kappa shape index (κ3) is 3.59. The van der Waals surface area contributed by atoms with Crippen molar-refractivity contribution in [2.24, 2.45) is 0 Å². The molecule has 3 nitrogen and oxygen atoms in total. The predicted molar refractivity (Wildman–Crippen MR) is 85.8 cm³/mol. The van der Waals surface area contributed by atoms with Gasteiger partial charge in [0.25, 0.3) is 0 Å². The SMILES string of the molecule is COc1cc(CBr)cc(OC)c1OCc1ccc(Cl)s1. The van der Waals surface area contributed by atoms with E-state index in [1.165, 1.54) is 11.3 Å². The first-order valence-electron chi connectivity index (χ1n) is 5.85. The number of hydrogen-bond acceptors (Lipinski definition) is 4. The quantitative estimate of drug-likeness (QED) is 0.671. The molecule has 1 heterocycles. The number of methoxy groups -OCH3 is 2. The molecule has 0 spiro atoms. The van der Waals surface area contributed by atoms with Crippen LogP contribution in [0.2, 0.25) is 4.34 Å². The Morgan fingerprint density at radius 3 is 2.25 bits per heavy atom. The van der Waals surface area contributed by atoms with E-state index in [1.807, 2.05) is 24.3 Å². The van der Waals surface area contributed by atoms with Gasteiger partial charge in [0.15, 0.2) is 11.5 Å². The van der Waals surface area contributed by atoms with Gasteiger partial charge in [0, 0.05) is 10.2 Å². The Morgan fingerprint density at radius 1 is 1.15 bits per heavy atom. The predicted octanol–water partition coefficient (Wildman–Crippen LogP) is 4.89. The molecule has 20 heavy (non-hydrogen) atoms. The van der Waals surface area contributed by atoms with Gasteiger partial charge in [-0.2, -0.15) is 0 Å². The summed E-state index contributed by atoms with van der Waals surface area (Å²) in [6, 6.07) is 7.65. The Kier molecular flexibility index (Phi) is 5.57. The lowest BCUT2D eigenvalue weighted by molar-refractivity contribution is 0.268. The van der Waals surface area contributed by atoms with Crippen molar-refractivity contribution in [3.63, 3.8) is 0 Å². The monoisotopic (exact) mass is 376 g/mol. The highest BCUT2D eigenvalue weighted by Crippen LogP contribution is 2.39. The van der Waals surface area contributed by atoms with Crippen LogP contribution in [0.4, 0.5) is 0 Å². The molecule has 1 aromatic carbocycles. The van der Waals surface area contributed by atoms with Crippen molar-refractivity contribution in [3.8, 4) is 17.2 Å². The van der Waals surface area contributed by atoms with Crippen LogP contribution in [0.25, 0.3) is 0 Å². The van der Waals surface area contributed by atoms with Crippen molar-refractivity contribution in [2.45, 2.75) is 11.9 Å². The smallest absolute Gasteiger partial charge is 0.203 e. The average Bonchev–Trinajstić information content (AvgIpc) is 2.89. The van der Waals surface area contributed by atoms with Crippen molar-refractivity contribution in [1.29, 1.82) is 0 Å². The third-order valence-electron chi connectivity index (χ3n) is 2.66. The van der Waals surface area contributed by atoms with Crippen LogP contribution in [-0.4, -0.2) is 14.2 Å². The molecule has 2 rings (SSSR count). The van der Waals surface area contributed by atoms with Gasteiger partial charge in [0.1, 0.15) is 6.61 Å². The lowest BCUT2D eigenvalue weighted by atomic mass is 10.2. The van der Waals surface area contributed by atoms with E-state index in [2.05, 4.69) is 15.9 Å². The van der Waals surface area contributed by atoms with Crippen LogP contribution in [0, 0.1) is 0 Å². The topological polar surface area (TPSA) is 27.7 Å². The molecule has 0 aliphatic carbocycles. The fraction of sp³-hybridized carbons (Fsp3) is 0.286. The fourth-order valence-electron chi connectivity index (χ4n) is 1.73. The van der Waals surface area contributed by atoms with Crippen molar-refractivity contribution in [2.75, 3.05) is 14.2 Å². The van der Waals surface area contributed by atoms with Gasteiger partial charge in [-0.1, -0.05) is 27.5 Å². The molecule has 0 radical (unpaired) electrons. The molecular weight excluding hydrogens is 364 g/mol. The summed E-state index contributed by atoms with van der Waals surface area (Å²) in [6.45, 7) is 0.428. The van der Waals surface area contributed by atoms with Crippen molar-refractivity contribution < 1.29 is 14.2 Å². The molecule has 0 atom stereocenters. The summed E-state index contributed by atoms with van der Waals surface area (Å²) in [5.74, 6) is 1.91. The van der Waals surface area contributed by atoms with Gasteiger partial charge in [-0.25, -0.2) is 0 Å². The van der Waals surface area contributed by atoms with E-state index in [4.69, 9.17) is 25.8 Å². The summed E-state index contributed by atoms with van der Waals surface area (Å²) >= 11 is 10.8. The van der Waals surface area contributed by atoms with Gasteiger partial charge < -0.3 is 14.2 Å². The Bertz CT molecular complexity index is 561. The molecule has 1 aromatic heterocycles. The van der Waals surface area contributed by atoms with Gasteiger partial charge in [0.05, 0.1) is 18.6 Å². The lowest BCUT2D eigenvalue weighted by Gasteiger charge is -2.15. The van der Waals surface area contributed by atoms with E-state index in [1.54, 1.807) is 14.2 Å². The highest BCUT2D eigenvalue weighted by atomic mass is 79.9. The minimum atomic E-state index is 0.428. The Hall–Kier alpha value is -0.910. The zero-order valence-electron chi connectivity index (χ0n) is 11.1. The fourth-order valence-corrected chi connectivity index (χ4v) is 3.05. The van der Waals surface area contributed by atoms with Crippen LogP contribution in [0.5, 0.6) is 17.2 Å². The molecule has 0 saturated carbocycles. The van der Waals surface area contributed by atoms with Gasteiger partial charge >= 0.3 is 0 Å². The van der Waals surface area contributed by atoms with Gasteiger partial charge in [-0.15, -0.1) is 11.3 Å². The van der Waals surface area contributed by atoms with Crippen LogP contribution in [-0.2, 0) is 11.9 Å². The van der Waals surface area contributed by atoms with Gasteiger partial charge in [-0.05, 0) is 29.8 Å². The minimum absolute atomic E-state index is 0.428. The van der Waals surface area contributed by atoms with Crippen molar-refractivity contribution in [3.05, 3.63) is 39.0 Å². The highest BCUT2D eigenvalue weighted by molar-refractivity contribution is 9.08. The molecule has 0 unspecified atom stereocenters. The maximum Gasteiger partial charge on any atom is 0.203 e. The minimum Gasteiger partial charge on any atom is -0.493 e. The first-order valence-corrected chi connectivity index (χ1v) is 8.17. The number of ether oxygens (including phenoxy) is 3. The largest absolute Gasteiger partial charge is 0.493 e. The molecular formula is C14H14BrClO3S. The molecule has 0 bridgehead atoms. The summed E-state index contributed by atoms with van der Waals surface area (Å²) in [4.78, 5) is 1.05. The Labute approximate surface area is 135 Å². The van der Waals surface area contributed by atoms with Crippen molar-refractivity contribution >= 4 is 38.9 Å². The molecule has 0 saturated heterocycles. The van der Waals surface area contributed by atoms with Crippen molar-refractivity contribution in [1.82, 2.24) is 0 Å². The molecule has 2 aromatic rings. The number of halogens is 2. The van der Waals surface area contributed by atoms with Gasteiger partial charge in [0.2, 0.25) is 5.75 Å². The summed E-state index contributed by atoms with van der Waals surface area (Å²) in [5, 5.41) is 0.723. The van der Waals surface area contributed by atoms with Crippen LogP contribution in [0.15, 0.2) is 24.3 Å². The molecule has 0 N–H and O–H groups in total. The lowest BCUT2D eigenvalue weighted by Crippen LogP contribution is -2.00. The van der Waals surface area contributed by atoms with E-state index in [-0.39, 0.29) is 0 Å². The van der Waals surface area contributed by atoms with E-state index < -0.39 is 0 Å². The summed E-state index contributed by atoms with van der Waals surface area (Å²) in [6.07, 6.45) is 0. The van der Waals surface area contributed by atoms with Crippen LogP contribution in [0.3, 0.4) is 0 Å².